The van der Waals surface area contributed by atoms with Gasteiger partial charge >= 0.3 is 0 Å². The summed E-state index contributed by atoms with van der Waals surface area (Å²) in [6.45, 7) is 6.79. The fourth-order valence-electron chi connectivity index (χ4n) is 2.95. The molecule has 0 spiro atoms. The van der Waals surface area contributed by atoms with Gasteiger partial charge in [0.1, 0.15) is 0 Å². The van der Waals surface area contributed by atoms with Crippen molar-refractivity contribution >= 4 is 11.8 Å². The van der Waals surface area contributed by atoms with Crippen LogP contribution in [0, 0.1) is 5.92 Å². The van der Waals surface area contributed by atoms with Crippen molar-refractivity contribution < 1.29 is 14.7 Å². The third-order valence-corrected chi connectivity index (χ3v) is 4.92. The quantitative estimate of drug-likeness (QED) is 0.524. The monoisotopic (exact) mass is 376 g/mol. The van der Waals surface area contributed by atoms with Gasteiger partial charge in [-0.25, -0.2) is 0 Å². The molecule has 1 aromatic carbocycles. The highest BCUT2D eigenvalue weighted by molar-refractivity contribution is 5.87. The summed E-state index contributed by atoms with van der Waals surface area (Å²) in [4.78, 5) is 26.0. The molecular weight excluding hydrogens is 344 g/mol. The number of benzene rings is 1. The molecule has 7 heteroatoms. The zero-order chi connectivity index (χ0) is 19.8. The number of piperidine rings is 1. The first-order valence-electron chi connectivity index (χ1n) is 9.63. The maximum atomic E-state index is 11.9. The summed E-state index contributed by atoms with van der Waals surface area (Å²) in [6, 6.07) is 7.53. The van der Waals surface area contributed by atoms with Gasteiger partial charge in [-0.1, -0.05) is 38.1 Å². The van der Waals surface area contributed by atoms with Gasteiger partial charge in [0.2, 0.25) is 11.8 Å². The van der Waals surface area contributed by atoms with Crippen LogP contribution < -0.4 is 16.4 Å². The molecule has 7 nitrogen and oxygen atoms in total. The minimum atomic E-state index is -0.603. The third kappa shape index (κ3) is 7.28. The Bertz CT molecular complexity index is 610. The first-order chi connectivity index (χ1) is 12.8. The maximum Gasteiger partial charge on any atom is 0.239 e. The molecule has 0 radical (unpaired) electrons. The van der Waals surface area contributed by atoms with Crippen molar-refractivity contribution in [3.05, 3.63) is 35.4 Å². The number of likely N-dealkylation sites (tertiary alicyclic amines) is 1. The summed E-state index contributed by atoms with van der Waals surface area (Å²) < 4.78 is 0. The lowest BCUT2D eigenvalue weighted by Gasteiger charge is -2.29. The van der Waals surface area contributed by atoms with Crippen molar-refractivity contribution in [2.24, 2.45) is 11.7 Å². The average molecular weight is 377 g/mol. The van der Waals surface area contributed by atoms with E-state index in [0.717, 1.165) is 38.0 Å². The van der Waals surface area contributed by atoms with E-state index in [4.69, 9.17) is 5.73 Å². The number of amides is 2. The smallest absolute Gasteiger partial charge is 0.239 e. The lowest BCUT2D eigenvalue weighted by atomic mass is 10.1. The molecule has 1 aliphatic heterocycles. The van der Waals surface area contributed by atoms with Crippen LogP contribution in [0.3, 0.4) is 0 Å². The van der Waals surface area contributed by atoms with Gasteiger partial charge in [0, 0.05) is 26.2 Å². The van der Waals surface area contributed by atoms with E-state index < -0.39 is 6.04 Å². The van der Waals surface area contributed by atoms with E-state index in [1.54, 1.807) is 0 Å². The molecule has 1 aromatic rings. The first-order valence-corrected chi connectivity index (χ1v) is 9.63. The molecule has 0 unspecified atom stereocenters. The van der Waals surface area contributed by atoms with Crippen molar-refractivity contribution in [1.29, 1.82) is 0 Å². The zero-order valence-corrected chi connectivity index (χ0v) is 16.3. The van der Waals surface area contributed by atoms with Crippen molar-refractivity contribution in [2.75, 3.05) is 19.6 Å². The van der Waals surface area contributed by atoms with E-state index in [0.29, 0.717) is 6.54 Å². The van der Waals surface area contributed by atoms with E-state index in [-0.39, 0.29) is 30.4 Å². The molecule has 0 aromatic heterocycles. The standard InChI is InChI=1S/C20H32N4O3/c1-14(2)19(21)20(27)23-12-18(26)22-11-15-3-5-16(6-4-15)13-24-9-7-17(25)8-10-24/h3-6,14,17,19,25H,7-13,21H2,1-2H3,(H,22,26)(H,23,27)/t19-/m0/s1. The highest BCUT2D eigenvalue weighted by Gasteiger charge is 2.18. The highest BCUT2D eigenvalue weighted by atomic mass is 16.3. The second-order valence-electron chi connectivity index (χ2n) is 7.59. The summed E-state index contributed by atoms with van der Waals surface area (Å²) in [5, 5.41) is 14.9. The fraction of sp³-hybridized carbons (Fsp3) is 0.600. The number of rotatable bonds is 8. The molecule has 1 aliphatic rings. The molecule has 150 valence electrons. The second-order valence-corrected chi connectivity index (χ2v) is 7.59. The topological polar surface area (TPSA) is 108 Å². The Hall–Kier alpha value is -1.96. The van der Waals surface area contributed by atoms with E-state index in [2.05, 4.69) is 27.7 Å². The number of aliphatic hydroxyl groups excluding tert-OH is 1. The van der Waals surface area contributed by atoms with Crippen LogP contribution in [0.15, 0.2) is 24.3 Å². The molecule has 1 saturated heterocycles. The van der Waals surface area contributed by atoms with Crippen molar-refractivity contribution in [3.63, 3.8) is 0 Å². The molecule has 1 atom stereocenters. The number of nitrogens with two attached hydrogens (primary N) is 1. The van der Waals surface area contributed by atoms with Gasteiger partial charge in [-0.05, 0) is 29.9 Å². The Labute approximate surface area is 161 Å². The van der Waals surface area contributed by atoms with Gasteiger partial charge in [0.25, 0.3) is 0 Å². The molecule has 1 heterocycles. The van der Waals surface area contributed by atoms with E-state index in [1.165, 1.54) is 5.56 Å². The molecule has 0 bridgehead atoms. The van der Waals surface area contributed by atoms with Crippen LogP contribution in [-0.4, -0.2) is 53.6 Å². The summed E-state index contributed by atoms with van der Waals surface area (Å²) in [6.07, 6.45) is 1.52. The molecule has 1 fully saturated rings. The van der Waals surface area contributed by atoms with Gasteiger partial charge in [0.15, 0.2) is 0 Å². The normalized spacial score (nSPS) is 16.9. The summed E-state index contributed by atoms with van der Waals surface area (Å²) in [7, 11) is 0. The SMILES string of the molecule is CC(C)[C@H](N)C(=O)NCC(=O)NCc1ccc(CN2CCC(O)CC2)cc1. The Morgan fingerprint density at radius 1 is 1.15 bits per heavy atom. The Morgan fingerprint density at radius 2 is 1.74 bits per heavy atom. The van der Waals surface area contributed by atoms with Gasteiger partial charge in [-0.15, -0.1) is 0 Å². The van der Waals surface area contributed by atoms with Crippen LogP contribution in [0.5, 0.6) is 0 Å². The number of carbonyl (C=O) groups excluding carboxylic acids is 2. The number of carbonyl (C=O) groups is 2. The van der Waals surface area contributed by atoms with Gasteiger partial charge in [-0.3, -0.25) is 14.5 Å². The third-order valence-electron chi connectivity index (χ3n) is 4.92. The average Bonchev–Trinajstić information content (AvgIpc) is 2.66. The Balaban J connectivity index is 1.70. The van der Waals surface area contributed by atoms with E-state index >= 15 is 0 Å². The molecule has 5 N–H and O–H groups in total. The number of aliphatic hydroxyl groups is 1. The lowest BCUT2D eigenvalue weighted by molar-refractivity contribution is -0.127. The largest absolute Gasteiger partial charge is 0.393 e. The molecule has 27 heavy (non-hydrogen) atoms. The Kier molecular flexibility index (Phi) is 8.22. The summed E-state index contributed by atoms with van der Waals surface area (Å²) in [5.74, 6) is -0.522. The fourth-order valence-corrected chi connectivity index (χ4v) is 2.95. The van der Waals surface area contributed by atoms with Crippen LogP contribution in [0.4, 0.5) is 0 Å². The van der Waals surface area contributed by atoms with Crippen molar-refractivity contribution in [3.8, 4) is 0 Å². The molecule has 0 saturated carbocycles. The van der Waals surface area contributed by atoms with Crippen LogP contribution in [0.25, 0.3) is 0 Å². The van der Waals surface area contributed by atoms with Gasteiger partial charge < -0.3 is 21.5 Å². The van der Waals surface area contributed by atoms with Crippen LogP contribution in [-0.2, 0) is 22.7 Å². The number of nitrogens with zero attached hydrogens (tertiary/aromatic N) is 1. The van der Waals surface area contributed by atoms with Crippen LogP contribution in [0.2, 0.25) is 0 Å². The second kappa shape index (κ2) is 10.4. The highest BCUT2D eigenvalue weighted by Crippen LogP contribution is 2.14. The predicted molar refractivity (Wildman–Crippen MR) is 105 cm³/mol. The summed E-state index contributed by atoms with van der Waals surface area (Å²) in [5.41, 5.74) is 7.96. The van der Waals surface area contributed by atoms with E-state index in [1.807, 2.05) is 26.0 Å². The zero-order valence-electron chi connectivity index (χ0n) is 16.3. The molecular formula is C20H32N4O3. The summed E-state index contributed by atoms with van der Waals surface area (Å²) >= 11 is 0. The van der Waals surface area contributed by atoms with E-state index in [9.17, 15) is 14.7 Å². The molecule has 0 aliphatic carbocycles. The lowest BCUT2D eigenvalue weighted by Crippen LogP contribution is -2.47. The predicted octanol–water partition coefficient (Wildman–Crippen LogP) is 0.359. The molecule has 2 amide bonds. The minimum absolute atomic E-state index is 0.0292. The van der Waals surface area contributed by atoms with Gasteiger partial charge in [0.05, 0.1) is 18.7 Å². The number of hydrogen-bond donors (Lipinski definition) is 4. The van der Waals surface area contributed by atoms with Gasteiger partial charge in [-0.2, -0.15) is 0 Å². The number of hydrogen-bond acceptors (Lipinski definition) is 5. The maximum absolute atomic E-state index is 11.9. The Morgan fingerprint density at radius 3 is 2.33 bits per heavy atom. The van der Waals surface area contributed by atoms with Crippen LogP contribution in [0.1, 0.15) is 37.8 Å². The number of nitrogens with one attached hydrogen (secondary N) is 2. The first kappa shape index (κ1) is 21.3. The molecule has 2 rings (SSSR count). The van der Waals surface area contributed by atoms with Crippen molar-refractivity contribution in [1.82, 2.24) is 15.5 Å². The van der Waals surface area contributed by atoms with Crippen LogP contribution >= 0.6 is 0 Å². The minimum Gasteiger partial charge on any atom is -0.393 e. The van der Waals surface area contributed by atoms with Crippen molar-refractivity contribution in [2.45, 2.75) is 51.9 Å².